The molecule has 4 aromatic rings. The molecule has 1 unspecified atom stereocenters. The van der Waals surface area contributed by atoms with E-state index in [-0.39, 0.29) is 17.6 Å². The SMILES string of the molecule is CC(NC(=O)c1cc(C(F)(F)F)cc(C(F)(F)F)c1)c1nccnc1-n1ncc(-c2ccn(C)n2)n1. The van der Waals surface area contributed by atoms with Crippen LogP contribution in [0, 0.1) is 0 Å². The number of hydrogen-bond donors (Lipinski definition) is 1. The summed E-state index contributed by atoms with van der Waals surface area (Å²) >= 11 is 0. The van der Waals surface area contributed by atoms with Gasteiger partial charge in [0.15, 0.2) is 5.82 Å². The highest BCUT2D eigenvalue weighted by molar-refractivity contribution is 5.95. The van der Waals surface area contributed by atoms with Crippen molar-refractivity contribution in [1.82, 2.24) is 40.1 Å². The molecule has 4 rings (SSSR count). The summed E-state index contributed by atoms with van der Waals surface area (Å²) in [5.74, 6) is -1.08. The van der Waals surface area contributed by atoms with E-state index < -0.39 is 41.0 Å². The number of carbonyl (C=O) groups is 1. The number of benzene rings is 1. The van der Waals surface area contributed by atoms with Gasteiger partial charge >= 0.3 is 12.4 Å². The quantitative estimate of drug-likeness (QED) is 0.408. The summed E-state index contributed by atoms with van der Waals surface area (Å²) in [5, 5.41) is 15.0. The van der Waals surface area contributed by atoms with E-state index in [2.05, 4.69) is 30.6 Å². The maximum atomic E-state index is 13.2. The van der Waals surface area contributed by atoms with Gasteiger partial charge in [-0.2, -0.15) is 36.5 Å². The van der Waals surface area contributed by atoms with Crippen LogP contribution in [0.3, 0.4) is 0 Å². The van der Waals surface area contributed by atoms with Crippen molar-refractivity contribution in [3.8, 4) is 17.2 Å². The topological polar surface area (TPSA) is 103 Å². The maximum absolute atomic E-state index is 13.2. The molecule has 1 amide bonds. The first-order chi connectivity index (χ1) is 16.8. The van der Waals surface area contributed by atoms with Crippen molar-refractivity contribution in [3.63, 3.8) is 0 Å². The van der Waals surface area contributed by atoms with Crippen LogP contribution in [0.2, 0.25) is 0 Å². The zero-order valence-corrected chi connectivity index (χ0v) is 18.5. The third kappa shape index (κ3) is 5.18. The number of aromatic nitrogens is 7. The minimum atomic E-state index is -5.09. The van der Waals surface area contributed by atoms with Crippen molar-refractivity contribution in [2.45, 2.75) is 25.3 Å². The van der Waals surface area contributed by atoms with Gasteiger partial charge in [0.2, 0.25) is 0 Å². The Bertz CT molecular complexity index is 1380. The third-order valence-electron chi connectivity index (χ3n) is 4.97. The van der Waals surface area contributed by atoms with E-state index in [1.54, 1.807) is 24.0 Å². The highest BCUT2D eigenvalue weighted by Gasteiger charge is 2.37. The van der Waals surface area contributed by atoms with Crippen LogP contribution in [-0.2, 0) is 19.4 Å². The number of alkyl halides is 6. The Morgan fingerprint density at radius 3 is 2.17 bits per heavy atom. The van der Waals surface area contributed by atoms with Crippen LogP contribution in [0.5, 0.6) is 0 Å². The van der Waals surface area contributed by atoms with E-state index in [9.17, 15) is 31.1 Å². The lowest BCUT2D eigenvalue weighted by atomic mass is 10.0. The molecule has 3 heterocycles. The molecule has 0 fully saturated rings. The lowest BCUT2D eigenvalue weighted by Gasteiger charge is -2.17. The molecule has 0 saturated heterocycles. The highest BCUT2D eigenvalue weighted by Crippen LogP contribution is 2.36. The monoisotopic (exact) mass is 510 g/mol. The number of nitrogens with zero attached hydrogens (tertiary/aromatic N) is 7. The molecule has 1 aromatic carbocycles. The Balaban J connectivity index is 1.63. The summed E-state index contributed by atoms with van der Waals surface area (Å²) in [5.41, 5.74) is -2.95. The largest absolute Gasteiger partial charge is 0.416 e. The minimum Gasteiger partial charge on any atom is -0.344 e. The van der Waals surface area contributed by atoms with Crippen LogP contribution in [-0.4, -0.2) is 40.6 Å². The van der Waals surface area contributed by atoms with Gasteiger partial charge < -0.3 is 5.32 Å². The van der Waals surface area contributed by atoms with Gasteiger partial charge in [0.05, 0.1) is 23.4 Å². The van der Waals surface area contributed by atoms with E-state index in [0.29, 0.717) is 23.5 Å². The molecule has 0 aliphatic carbocycles. The van der Waals surface area contributed by atoms with Crippen molar-refractivity contribution < 1.29 is 31.1 Å². The number of halogens is 6. The maximum Gasteiger partial charge on any atom is 0.416 e. The van der Waals surface area contributed by atoms with Gasteiger partial charge in [0.1, 0.15) is 17.1 Å². The number of amides is 1. The summed E-state index contributed by atoms with van der Waals surface area (Å²) in [6, 6.07) is 1.36. The molecule has 0 spiro atoms. The van der Waals surface area contributed by atoms with Crippen molar-refractivity contribution in [2.24, 2.45) is 7.05 Å². The molecule has 0 radical (unpaired) electrons. The Kier molecular flexibility index (Phi) is 6.24. The third-order valence-corrected chi connectivity index (χ3v) is 4.97. The smallest absolute Gasteiger partial charge is 0.344 e. The van der Waals surface area contributed by atoms with E-state index >= 15 is 0 Å². The summed E-state index contributed by atoms with van der Waals surface area (Å²) in [7, 11) is 1.72. The molecule has 1 N–H and O–H groups in total. The summed E-state index contributed by atoms with van der Waals surface area (Å²) < 4.78 is 80.5. The first-order valence-corrected chi connectivity index (χ1v) is 10.2. The lowest BCUT2D eigenvalue weighted by Crippen LogP contribution is -2.29. The fraction of sp³-hybridized carbons (Fsp3) is 0.238. The fourth-order valence-electron chi connectivity index (χ4n) is 3.27. The van der Waals surface area contributed by atoms with Gasteiger partial charge in [-0.15, -0.1) is 9.90 Å². The molecule has 0 aliphatic rings. The van der Waals surface area contributed by atoms with Gasteiger partial charge in [0.25, 0.3) is 5.91 Å². The van der Waals surface area contributed by atoms with Gasteiger partial charge in [0, 0.05) is 31.2 Å². The average molecular weight is 510 g/mol. The van der Waals surface area contributed by atoms with E-state index in [1.807, 2.05) is 0 Å². The molecule has 188 valence electrons. The summed E-state index contributed by atoms with van der Waals surface area (Å²) in [6.45, 7) is 1.44. The van der Waals surface area contributed by atoms with Crippen LogP contribution in [0.4, 0.5) is 26.3 Å². The Labute approximate surface area is 198 Å². The molecular weight excluding hydrogens is 494 g/mol. The van der Waals surface area contributed by atoms with Crippen LogP contribution in [0.1, 0.15) is 40.1 Å². The molecule has 9 nitrogen and oxygen atoms in total. The first-order valence-electron chi connectivity index (χ1n) is 10.2. The highest BCUT2D eigenvalue weighted by atomic mass is 19.4. The molecule has 0 aliphatic heterocycles. The molecule has 0 bridgehead atoms. The van der Waals surface area contributed by atoms with Crippen molar-refractivity contribution in [3.05, 3.63) is 71.4 Å². The van der Waals surface area contributed by atoms with Gasteiger partial charge in [-0.3, -0.25) is 14.5 Å². The Morgan fingerprint density at radius 1 is 0.944 bits per heavy atom. The Hall–Kier alpha value is -4.30. The number of aryl methyl sites for hydroxylation is 1. The first kappa shape index (κ1) is 24.8. The normalized spacial score (nSPS) is 13.0. The van der Waals surface area contributed by atoms with E-state index in [0.717, 1.165) is 4.80 Å². The van der Waals surface area contributed by atoms with Crippen LogP contribution < -0.4 is 5.32 Å². The standard InChI is InChI=1S/C21H16F6N8O/c1-11(31-19(36)12-7-13(20(22,23)24)9-14(8-12)21(25,26)27)17-18(29-5-4-28-17)35-30-10-16(33-35)15-3-6-34(2)32-15/h3-11H,1-2H3,(H,31,36). The lowest BCUT2D eigenvalue weighted by molar-refractivity contribution is -0.143. The average Bonchev–Trinajstić information content (AvgIpc) is 3.46. The number of nitrogens with one attached hydrogen (secondary N) is 1. The molecule has 15 heteroatoms. The Morgan fingerprint density at radius 2 is 1.58 bits per heavy atom. The second-order valence-corrected chi connectivity index (χ2v) is 7.65. The molecule has 0 saturated carbocycles. The van der Waals surface area contributed by atoms with E-state index in [4.69, 9.17) is 0 Å². The molecule has 3 aromatic heterocycles. The molecule has 36 heavy (non-hydrogen) atoms. The zero-order valence-electron chi connectivity index (χ0n) is 18.5. The zero-order chi connectivity index (χ0) is 26.3. The fourth-order valence-corrected chi connectivity index (χ4v) is 3.27. The van der Waals surface area contributed by atoms with Crippen molar-refractivity contribution >= 4 is 5.91 Å². The number of hydrogen-bond acceptors (Lipinski definition) is 6. The van der Waals surface area contributed by atoms with Crippen LogP contribution in [0.15, 0.2) is 49.1 Å². The number of carbonyl (C=O) groups excluding carboxylic acids is 1. The molecular formula is C21H16F6N8O. The van der Waals surface area contributed by atoms with Gasteiger partial charge in [-0.05, 0) is 31.2 Å². The summed E-state index contributed by atoms with van der Waals surface area (Å²) in [6.07, 6.45) is -4.41. The van der Waals surface area contributed by atoms with Crippen molar-refractivity contribution in [2.75, 3.05) is 0 Å². The predicted molar refractivity (Wildman–Crippen MR) is 111 cm³/mol. The second kappa shape index (κ2) is 9.05. The van der Waals surface area contributed by atoms with Crippen molar-refractivity contribution in [1.29, 1.82) is 0 Å². The van der Waals surface area contributed by atoms with Crippen LogP contribution in [0.25, 0.3) is 17.2 Å². The van der Waals surface area contributed by atoms with Gasteiger partial charge in [-0.25, -0.2) is 4.98 Å². The number of rotatable bonds is 5. The minimum absolute atomic E-state index is 0.0520. The van der Waals surface area contributed by atoms with Crippen LogP contribution >= 0.6 is 0 Å². The van der Waals surface area contributed by atoms with E-state index in [1.165, 1.54) is 25.5 Å². The summed E-state index contributed by atoms with van der Waals surface area (Å²) in [4.78, 5) is 22.1. The van der Waals surface area contributed by atoms with Gasteiger partial charge in [-0.1, -0.05) is 0 Å². The second-order valence-electron chi connectivity index (χ2n) is 7.65. The predicted octanol–water partition coefficient (Wildman–Crippen LogP) is 3.99. The molecule has 1 atom stereocenters.